The van der Waals surface area contributed by atoms with Crippen LogP contribution in [0.2, 0.25) is 0 Å². The molecule has 0 aromatic carbocycles. The topological polar surface area (TPSA) is 80.9 Å². The van der Waals surface area contributed by atoms with Crippen LogP contribution in [0.25, 0.3) is 0 Å². The number of carbonyl (C=O) groups is 1. The van der Waals surface area contributed by atoms with E-state index in [1.807, 2.05) is 13.0 Å². The monoisotopic (exact) mass is 194 g/mol. The van der Waals surface area contributed by atoms with Crippen molar-refractivity contribution in [1.82, 2.24) is 9.97 Å². The Kier molecular flexibility index (Phi) is 3.84. The molecule has 0 saturated carbocycles. The first kappa shape index (κ1) is 10.4. The standard InChI is InChI=1S/C9H14N4O/c1-2-7-5-9(13-6-12-7)11-4-3-8(10)14/h5-6H,2-4H2,1H3,(H2,10,14)(H,11,12,13). The number of carbonyl (C=O) groups excluding carboxylic acids is 1. The van der Waals surface area contributed by atoms with E-state index in [1.54, 1.807) is 0 Å². The van der Waals surface area contributed by atoms with Crippen LogP contribution in [-0.4, -0.2) is 22.4 Å². The van der Waals surface area contributed by atoms with E-state index in [0.29, 0.717) is 13.0 Å². The van der Waals surface area contributed by atoms with Crippen molar-refractivity contribution in [2.75, 3.05) is 11.9 Å². The highest BCUT2D eigenvalue weighted by Crippen LogP contribution is 2.03. The second-order valence-corrected chi connectivity index (χ2v) is 2.89. The number of nitrogens with two attached hydrogens (primary N) is 1. The fraction of sp³-hybridized carbons (Fsp3) is 0.444. The van der Waals surface area contributed by atoms with E-state index in [1.165, 1.54) is 6.33 Å². The molecule has 3 N–H and O–H groups in total. The van der Waals surface area contributed by atoms with Gasteiger partial charge in [0.1, 0.15) is 12.1 Å². The number of anilines is 1. The van der Waals surface area contributed by atoms with Crippen LogP contribution in [0.5, 0.6) is 0 Å². The molecule has 5 nitrogen and oxygen atoms in total. The summed E-state index contributed by atoms with van der Waals surface area (Å²) in [6, 6.07) is 1.86. The molecule has 0 radical (unpaired) electrons. The molecule has 14 heavy (non-hydrogen) atoms. The zero-order valence-electron chi connectivity index (χ0n) is 8.16. The van der Waals surface area contributed by atoms with E-state index >= 15 is 0 Å². The van der Waals surface area contributed by atoms with Crippen molar-refractivity contribution in [3.05, 3.63) is 18.1 Å². The summed E-state index contributed by atoms with van der Waals surface area (Å²) < 4.78 is 0. The molecule has 76 valence electrons. The number of hydrogen-bond acceptors (Lipinski definition) is 4. The number of hydrogen-bond donors (Lipinski definition) is 2. The van der Waals surface area contributed by atoms with Crippen molar-refractivity contribution in [2.45, 2.75) is 19.8 Å². The number of aromatic nitrogens is 2. The van der Waals surface area contributed by atoms with Crippen LogP contribution >= 0.6 is 0 Å². The Morgan fingerprint density at radius 2 is 2.36 bits per heavy atom. The smallest absolute Gasteiger partial charge is 0.219 e. The van der Waals surface area contributed by atoms with Crippen LogP contribution in [0.4, 0.5) is 5.82 Å². The third-order valence-corrected chi connectivity index (χ3v) is 1.76. The molecule has 0 unspecified atom stereocenters. The minimum absolute atomic E-state index is 0.311. The third kappa shape index (κ3) is 3.38. The highest BCUT2D eigenvalue weighted by atomic mass is 16.1. The molecule has 1 rings (SSSR count). The van der Waals surface area contributed by atoms with Crippen molar-refractivity contribution in [1.29, 1.82) is 0 Å². The van der Waals surface area contributed by atoms with E-state index in [0.717, 1.165) is 17.9 Å². The highest BCUT2D eigenvalue weighted by Gasteiger charge is 1.97. The summed E-state index contributed by atoms with van der Waals surface area (Å²) in [6.45, 7) is 2.53. The molecular formula is C9H14N4O. The number of primary amides is 1. The number of aryl methyl sites for hydroxylation is 1. The SMILES string of the molecule is CCc1cc(NCCC(N)=O)ncn1. The maximum absolute atomic E-state index is 10.5. The molecule has 1 amide bonds. The van der Waals surface area contributed by atoms with Gasteiger partial charge in [-0.05, 0) is 6.42 Å². The molecular weight excluding hydrogens is 180 g/mol. The van der Waals surface area contributed by atoms with Gasteiger partial charge in [0.15, 0.2) is 0 Å². The summed E-state index contributed by atoms with van der Waals surface area (Å²) in [5.74, 6) is 0.417. The zero-order chi connectivity index (χ0) is 10.4. The Hall–Kier alpha value is -1.65. The molecule has 0 saturated heterocycles. The summed E-state index contributed by atoms with van der Waals surface area (Å²) in [6.07, 6.45) is 2.68. The van der Waals surface area contributed by atoms with Gasteiger partial charge in [0, 0.05) is 24.7 Å². The summed E-state index contributed by atoms with van der Waals surface area (Å²) >= 11 is 0. The Labute approximate surface area is 82.7 Å². The molecule has 1 aromatic heterocycles. The normalized spacial score (nSPS) is 9.79. The van der Waals surface area contributed by atoms with E-state index in [2.05, 4.69) is 15.3 Å². The molecule has 0 aliphatic carbocycles. The largest absolute Gasteiger partial charge is 0.370 e. The first-order valence-electron chi connectivity index (χ1n) is 4.55. The molecule has 0 atom stereocenters. The maximum atomic E-state index is 10.5. The second-order valence-electron chi connectivity index (χ2n) is 2.89. The second kappa shape index (κ2) is 5.16. The zero-order valence-corrected chi connectivity index (χ0v) is 8.16. The quantitative estimate of drug-likeness (QED) is 0.707. The Morgan fingerprint density at radius 3 is 3.00 bits per heavy atom. The Balaban J connectivity index is 2.46. The Morgan fingerprint density at radius 1 is 1.57 bits per heavy atom. The van der Waals surface area contributed by atoms with Gasteiger partial charge in [0.05, 0.1) is 0 Å². The lowest BCUT2D eigenvalue weighted by Gasteiger charge is -2.04. The molecule has 0 aliphatic rings. The predicted octanol–water partition coefficient (Wildman–Crippen LogP) is 0.326. The van der Waals surface area contributed by atoms with Crippen LogP contribution in [-0.2, 0) is 11.2 Å². The number of nitrogens with zero attached hydrogens (tertiary/aromatic N) is 2. The summed E-state index contributed by atoms with van der Waals surface area (Å²) in [4.78, 5) is 18.5. The summed E-state index contributed by atoms with van der Waals surface area (Å²) in [7, 11) is 0. The molecule has 0 spiro atoms. The fourth-order valence-electron chi connectivity index (χ4n) is 1.00. The van der Waals surface area contributed by atoms with Gasteiger partial charge in [0.25, 0.3) is 0 Å². The lowest BCUT2D eigenvalue weighted by Crippen LogP contribution is -2.16. The van der Waals surface area contributed by atoms with E-state index in [9.17, 15) is 4.79 Å². The maximum Gasteiger partial charge on any atom is 0.219 e. The van der Waals surface area contributed by atoms with E-state index < -0.39 is 0 Å². The van der Waals surface area contributed by atoms with Crippen molar-refractivity contribution < 1.29 is 4.79 Å². The third-order valence-electron chi connectivity index (χ3n) is 1.76. The predicted molar refractivity (Wildman–Crippen MR) is 53.7 cm³/mol. The molecule has 0 fully saturated rings. The number of amides is 1. The molecule has 1 heterocycles. The first-order chi connectivity index (χ1) is 6.72. The van der Waals surface area contributed by atoms with Crippen LogP contribution in [0.1, 0.15) is 19.0 Å². The minimum atomic E-state index is -0.317. The first-order valence-corrected chi connectivity index (χ1v) is 4.55. The van der Waals surface area contributed by atoms with Crippen LogP contribution in [0, 0.1) is 0 Å². The minimum Gasteiger partial charge on any atom is -0.370 e. The lowest BCUT2D eigenvalue weighted by atomic mass is 10.3. The van der Waals surface area contributed by atoms with Gasteiger partial charge in [-0.1, -0.05) is 6.92 Å². The average Bonchev–Trinajstić information content (AvgIpc) is 2.18. The lowest BCUT2D eigenvalue weighted by molar-refractivity contribution is -0.117. The Bertz CT molecular complexity index is 313. The van der Waals surface area contributed by atoms with Crippen molar-refractivity contribution >= 4 is 11.7 Å². The van der Waals surface area contributed by atoms with Gasteiger partial charge in [-0.15, -0.1) is 0 Å². The van der Waals surface area contributed by atoms with Gasteiger partial charge >= 0.3 is 0 Å². The van der Waals surface area contributed by atoms with E-state index in [4.69, 9.17) is 5.73 Å². The van der Waals surface area contributed by atoms with Crippen molar-refractivity contribution in [3.8, 4) is 0 Å². The summed E-state index contributed by atoms with van der Waals surface area (Å²) in [5, 5.41) is 3.00. The van der Waals surface area contributed by atoms with Gasteiger partial charge < -0.3 is 11.1 Å². The van der Waals surface area contributed by atoms with Gasteiger partial charge in [-0.2, -0.15) is 0 Å². The van der Waals surface area contributed by atoms with E-state index in [-0.39, 0.29) is 5.91 Å². The van der Waals surface area contributed by atoms with Crippen molar-refractivity contribution in [2.24, 2.45) is 5.73 Å². The van der Waals surface area contributed by atoms with Crippen LogP contribution < -0.4 is 11.1 Å². The molecule has 0 aliphatic heterocycles. The molecule has 0 bridgehead atoms. The highest BCUT2D eigenvalue weighted by molar-refractivity contribution is 5.74. The number of nitrogens with one attached hydrogen (secondary N) is 1. The van der Waals surface area contributed by atoms with Crippen LogP contribution in [0.3, 0.4) is 0 Å². The van der Waals surface area contributed by atoms with Crippen molar-refractivity contribution in [3.63, 3.8) is 0 Å². The number of rotatable bonds is 5. The molecule has 1 aromatic rings. The summed E-state index contributed by atoms with van der Waals surface area (Å²) in [5.41, 5.74) is 5.97. The van der Waals surface area contributed by atoms with Gasteiger partial charge in [-0.25, -0.2) is 9.97 Å². The average molecular weight is 194 g/mol. The fourth-order valence-corrected chi connectivity index (χ4v) is 1.00. The van der Waals surface area contributed by atoms with Crippen LogP contribution in [0.15, 0.2) is 12.4 Å². The van der Waals surface area contributed by atoms with Gasteiger partial charge in [-0.3, -0.25) is 4.79 Å². The molecule has 5 heteroatoms. The van der Waals surface area contributed by atoms with Gasteiger partial charge in [0.2, 0.25) is 5.91 Å².